The van der Waals surface area contributed by atoms with E-state index in [2.05, 4.69) is 30.4 Å². The van der Waals surface area contributed by atoms with Crippen molar-refractivity contribution in [2.45, 2.75) is 57.5 Å². The van der Waals surface area contributed by atoms with Crippen molar-refractivity contribution >= 4 is 5.96 Å². The topological polar surface area (TPSA) is 67.1 Å². The van der Waals surface area contributed by atoms with Crippen LogP contribution in [0, 0.1) is 0 Å². The Morgan fingerprint density at radius 2 is 2.20 bits per heavy atom. The van der Waals surface area contributed by atoms with E-state index in [1.165, 1.54) is 32.1 Å². The lowest BCUT2D eigenvalue weighted by molar-refractivity contribution is 0.600. The van der Waals surface area contributed by atoms with E-state index in [1.807, 2.05) is 7.05 Å². The minimum atomic E-state index is 0.630. The standard InChI is InChI=1S/C14H24N6/c1-15-14(17-11-6-7-11)16-9-8-13-19-18-12-5-3-2-4-10-20(12)13/h11H,2-10H2,1H3,(H2,15,16,17). The molecule has 0 atom stereocenters. The second kappa shape index (κ2) is 6.24. The summed E-state index contributed by atoms with van der Waals surface area (Å²) in [4.78, 5) is 4.24. The van der Waals surface area contributed by atoms with Crippen LogP contribution in [0.3, 0.4) is 0 Å². The Morgan fingerprint density at radius 3 is 3.00 bits per heavy atom. The molecule has 20 heavy (non-hydrogen) atoms. The zero-order chi connectivity index (χ0) is 13.8. The van der Waals surface area contributed by atoms with Gasteiger partial charge in [-0.3, -0.25) is 4.99 Å². The smallest absolute Gasteiger partial charge is 0.191 e. The highest BCUT2D eigenvalue weighted by atomic mass is 15.3. The van der Waals surface area contributed by atoms with Crippen LogP contribution in [0.5, 0.6) is 0 Å². The summed E-state index contributed by atoms with van der Waals surface area (Å²) >= 11 is 0. The predicted molar refractivity (Wildman–Crippen MR) is 78.8 cm³/mol. The molecular weight excluding hydrogens is 252 g/mol. The fourth-order valence-electron chi connectivity index (χ4n) is 2.64. The molecule has 6 nitrogen and oxygen atoms in total. The van der Waals surface area contributed by atoms with Crippen molar-refractivity contribution in [2.75, 3.05) is 13.6 Å². The van der Waals surface area contributed by atoms with E-state index >= 15 is 0 Å². The quantitative estimate of drug-likeness (QED) is 0.633. The normalized spacial score (nSPS) is 19.4. The summed E-state index contributed by atoms with van der Waals surface area (Å²) in [5.41, 5.74) is 0. The van der Waals surface area contributed by atoms with Crippen LogP contribution in [0.4, 0.5) is 0 Å². The molecule has 0 bridgehead atoms. The molecule has 1 fully saturated rings. The molecule has 1 saturated carbocycles. The molecule has 0 unspecified atom stereocenters. The van der Waals surface area contributed by atoms with E-state index in [-0.39, 0.29) is 0 Å². The van der Waals surface area contributed by atoms with Crippen LogP contribution >= 0.6 is 0 Å². The third-order valence-corrected chi connectivity index (χ3v) is 3.97. The number of hydrogen-bond donors (Lipinski definition) is 2. The first-order chi connectivity index (χ1) is 9.86. The van der Waals surface area contributed by atoms with Crippen LogP contribution in [0.1, 0.15) is 43.8 Å². The number of rotatable bonds is 4. The van der Waals surface area contributed by atoms with Gasteiger partial charge in [-0.25, -0.2) is 0 Å². The van der Waals surface area contributed by atoms with Crippen molar-refractivity contribution in [1.82, 2.24) is 25.4 Å². The number of guanidine groups is 1. The number of aliphatic imine (C=N–C) groups is 1. The zero-order valence-corrected chi connectivity index (χ0v) is 12.2. The van der Waals surface area contributed by atoms with Gasteiger partial charge in [-0.2, -0.15) is 0 Å². The van der Waals surface area contributed by atoms with Gasteiger partial charge in [0.1, 0.15) is 11.6 Å². The monoisotopic (exact) mass is 276 g/mol. The van der Waals surface area contributed by atoms with Crippen molar-refractivity contribution in [3.8, 4) is 0 Å². The van der Waals surface area contributed by atoms with Gasteiger partial charge in [0.25, 0.3) is 0 Å². The van der Waals surface area contributed by atoms with Crippen LogP contribution in [0.15, 0.2) is 4.99 Å². The molecule has 2 heterocycles. The zero-order valence-electron chi connectivity index (χ0n) is 12.2. The summed E-state index contributed by atoms with van der Waals surface area (Å²) in [5, 5.41) is 15.4. The summed E-state index contributed by atoms with van der Waals surface area (Å²) in [6.45, 7) is 1.93. The molecule has 0 aromatic carbocycles. The van der Waals surface area contributed by atoms with Gasteiger partial charge in [-0.15, -0.1) is 10.2 Å². The summed E-state index contributed by atoms with van der Waals surface area (Å²) in [5.74, 6) is 3.18. The summed E-state index contributed by atoms with van der Waals surface area (Å²) in [7, 11) is 1.82. The Hall–Kier alpha value is -1.59. The first-order valence-corrected chi connectivity index (χ1v) is 7.75. The Balaban J connectivity index is 1.51. The van der Waals surface area contributed by atoms with Gasteiger partial charge in [0.2, 0.25) is 0 Å². The third kappa shape index (κ3) is 3.29. The predicted octanol–water partition coefficient (Wildman–Crippen LogP) is 0.874. The Kier molecular flexibility index (Phi) is 4.18. The van der Waals surface area contributed by atoms with E-state index < -0.39 is 0 Å². The molecule has 0 amide bonds. The number of aromatic nitrogens is 3. The minimum absolute atomic E-state index is 0.630. The van der Waals surface area contributed by atoms with Crippen molar-refractivity contribution in [3.63, 3.8) is 0 Å². The molecule has 6 heteroatoms. The molecule has 0 spiro atoms. The van der Waals surface area contributed by atoms with E-state index in [0.29, 0.717) is 6.04 Å². The molecule has 1 aromatic rings. The second-order valence-corrected chi connectivity index (χ2v) is 5.66. The van der Waals surface area contributed by atoms with Gasteiger partial charge in [-0.1, -0.05) is 6.42 Å². The second-order valence-electron chi connectivity index (χ2n) is 5.66. The van der Waals surface area contributed by atoms with Crippen LogP contribution < -0.4 is 10.6 Å². The largest absolute Gasteiger partial charge is 0.356 e. The lowest BCUT2D eigenvalue weighted by Gasteiger charge is -2.11. The molecule has 1 aliphatic heterocycles. The average Bonchev–Trinajstić information content (AvgIpc) is 3.24. The highest BCUT2D eigenvalue weighted by molar-refractivity contribution is 5.80. The minimum Gasteiger partial charge on any atom is -0.356 e. The van der Waals surface area contributed by atoms with E-state index in [9.17, 15) is 0 Å². The van der Waals surface area contributed by atoms with Crippen LogP contribution in [-0.4, -0.2) is 40.4 Å². The molecule has 2 N–H and O–H groups in total. The summed E-state index contributed by atoms with van der Waals surface area (Å²) in [6.07, 6.45) is 8.30. The van der Waals surface area contributed by atoms with Crippen LogP contribution in [0.25, 0.3) is 0 Å². The molecule has 110 valence electrons. The van der Waals surface area contributed by atoms with Gasteiger partial charge in [-0.05, 0) is 25.7 Å². The number of hydrogen-bond acceptors (Lipinski definition) is 3. The Bertz CT molecular complexity index is 474. The lowest BCUT2D eigenvalue weighted by Crippen LogP contribution is -2.39. The summed E-state index contributed by atoms with van der Waals surface area (Å²) in [6, 6.07) is 0.630. The number of fused-ring (bicyclic) bond motifs is 1. The summed E-state index contributed by atoms with van der Waals surface area (Å²) < 4.78 is 2.31. The third-order valence-electron chi connectivity index (χ3n) is 3.97. The lowest BCUT2D eigenvalue weighted by atomic mass is 10.2. The fourth-order valence-corrected chi connectivity index (χ4v) is 2.64. The van der Waals surface area contributed by atoms with Crippen LogP contribution in [0.2, 0.25) is 0 Å². The maximum atomic E-state index is 4.35. The molecule has 0 saturated heterocycles. The number of aryl methyl sites for hydroxylation is 1. The van der Waals surface area contributed by atoms with Gasteiger partial charge in [0.05, 0.1) is 0 Å². The van der Waals surface area contributed by atoms with E-state index in [4.69, 9.17) is 0 Å². The highest BCUT2D eigenvalue weighted by Gasteiger charge is 2.22. The SMILES string of the molecule is CN=C(NCCc1nnc2n1CCCCC2)NC1CC1. The van der Waals surface area contributed by atoms with Crippen molar-refractivity contribution in [1.29, 1.82) is 0 Å². The average molecular weight is 276 g/mol. The molecule has 1 aromatic heterocycles. The van der Waals surface area contributed by atoms with Gasteiger partial charge < -0.3 is 15.2 Å². The first-order valence-electron chi connectivity index (χ1n) is 7.75. The maximum Gasteiger partial charge on any atom is 0.191 e. The number of nitrogens with one attached hydrogen (secondary N) is 2. The van der Waals surface area contributed by atoms with Gasteiger partial charge >= 0.3 is 0 Å². The molecule has 3 rings (SSSR count). The first kappa shape index (κ1) is 13.4. The van der Waals surface area contributed by atoms with E-state index in [1.54, 1.807) is 0 Å². The van der Waals surface area contributed by atoms with Crippen LogP contribution in [-0.2, 0) is 19.4 Å². The fraction of sp³-hybridized carbons (Fsp3) is 0.786. The van der Waals surface area contributed by atoms with Gasteiger partial charge in [0, 0.05) is 39.0 Å². The Morgan fingerprint density at radius 1 is 1.30 bits per heavy atom. The van der Waals surface area contributed by atoms with E-state index in [0.717, 1.165) is 43.5 Å². The van der Waals surface area contributed by atoms with Crippen molar-refractivity contribution < 1.29 is 0 Å². The molecule has 0 radical (unpaired) electrons. The van der Waals surface area contributed by atoms with Crippen molar-refractivity contribution in [3.05, 3.63) is 11.6 Å². The van der Waals surface area contributed by atoms with Gasteiger partial charge in [0.15, 0.2) is 5.96 Å². The molecule has 1 aliphatic carbocycles. The highest BCUT2D eigenvalue weighted by Crippen LogP contribution is 2.18. The number of nitrogens with zero attached hydrogens (tertiary/aromatic N) is 4. The molecular formula is C14H24N6. The molecule has 2 aliphatic rings. The maximum absolute atomic E-state index is 4.35. The Labute approximate surface area is 120 Å². The van der Waals surface area contributed by atoms with Crippen molar-refractivity contribution in [2.24, 2.45) is 4.99 Å².